The van der Waals surface area contributed by atoms with Gasteiger partial charge >= 0.3 is 0 Å². The molecule has 74 valence electrons. The molecule has 0 spiro atoms. The van der Waals surface area contributed by atoms with Gasteiger partial charge in [0, 0.05) is 20.6 Å². The van der Waals surface area contributed by atoms with Gasteiger partial charge in [-0.3, -0.25) is 0 Å². The number of rotatable bonds is 3. The van der Waals surface area contributed by atoms with Crippen LogP contribution in [0.15, 0.2) is 0 Å². The molecule has 2 N–H and O–H groups in total. The summed E-state index contributed by atoms with van der Waals surface area (Å²) in [5.41, 5.74) is 5.31. The van der Waals surface area contributed by atoms with Crippen LogP contribution in [0.5, 0.6) is 0 Å². The lowest BCUT2D eigenvalue weighted by Gasteiger charge is -2.20. The van der Waals surface area contributed by atoms with Gasteiger partial charge in [0.05, 0.1) is 5.60 Å². The molecule has 1 aromatic heterocycles. The molecule has 0 aliphatic rings. The molecule has 0 unspecified atom stereocenters. The zero-order valence-corrected chi connectivity index (χ0v) is 8.53. The van der Waals surface area contributed by atoms with Crippen molar-refractivity contribution in [2.24, 2.45) is 7.05 Å². The van der Waals surface area contributed by atoms with E-state index < -0.39 is 0 Å². The van der Waals surface area contributed by atoms with Crippen LogP contribution in [-0.2, 0) is 18.2 Å². The fraction of sp³-hybridized carbons (Fsp3) is 0.750. The Morgan fingerprint density at radius 3 is 2.54 bits per heavy atom. The third-order valence-electron chi connectivity index (χ3n) is 1.98. The van der Waals surface area contributed by atoms with Crippen LogP contribution in [0.3, 0.4) is 0 Å². The number of ether oxygens (including phenoxy) is 1. The van der Waals surface area contributed by atoms with Crippen LogP contribution in [-0.4, -0.2) is 27.5 Å². The SMILES string of the molecule is COC(C)(C)Cc1nc(N)n(C)n1. The van der Waals surface area contributed by atoms with Gasteiger partial charge in [0.25, 0.3) is 0 Å². The average molecular weight is 184 g/mol. The van der Waals surface area contributed by atoms with Gasteiger partial charge in [0.15, 0.2) is 5.82 Å². The molecule has 0 fully saturated rings. The molecule has 0 aliphatic heterocycles. The van der Waals surface area contributed by atoms with Crippen molar-refractivity contribution in [3.05, 3.63) is 5.82 Å². The van der Waals surface area contributed by atoms with Gasteiger partial charge in [-0.25, -0.2) is 4.68 Å². The Labute approximate surface area is 77.9 Å². The maximum Gasteiger partial charge on any atom is 0.218 e. The number of hydrogen-bond acceptors (Lipinski definition) is 4. The van der Waals surface area contributed by atoms with Crippen LogP contribution in [0, 0.1) is 0 Å². The van der Waals surface area contributed by atoms with Crippen molar-refractivity contribution in [2.75, 3.05) is 12.8 Å². The molecular weight excluding hydrogens is 168 g/mol. The predicted molar refractivity (Wildman–Crippen MR) is 50.2 cm³/mol. The molecule has 1 heterocycles. The molecule has 5 nitrogen and oxygen atoms in total. The Kier molecular flexibility index (Phi) is 2.56. The van der Waals surface area contributed by atoms with Gasteiger partial charge in [-0.05, 0) is 13.8 Å². The van der Waals surface area contributed by atoms with E-state index in [9.17, 15) is 0 Å². The number of anilines is 1. The van der Waals surface area contributed by atoms with Crippen LogP contribution in [0.1, 0.15) is 19.7 Å². The molecule has 0 saturated heterocycles. The van der Waals surface area contributed by atoms with E-state index in [1.54, 1.807) is 18.8 Å². The standard InChI is InChI=1S/C8H16N4O/c1-8(2,13-4)5-6-10-7(9)12(3)11-6/h5H2,1-4H3,(H2,9,10,11). The second-order valence-electron chi connectivity index (χ2n) is 3.65. The summed E-state index contributed by atoms with van der Waals surface area (Å²) in [5, 5.41) is 4.14. The van der Waals surface area contributed by atoms with Crippen LogP contribution < -0.4 is 5.73 Å². The molecule has 0 aromatic carbocycles. The second-order valence-corrected chi connectivity index (χ2v) is 3.65. The predicted octanol–water partition coefficient (Wildman–Crippen LogP) is 0.365. The van der Waals surface area contributed by atoms with Crippen LogP contribution in [0.2, 0.25) is 0 Å². The summed E-state index contributed by atoms with van der Waals surface area (Å²) in [6, 6.07) is 0. The lowest BCUT2D eigenvalue weighted by atomic mass is 10.1. The van der Waals surface area contributed by atoms with E-state index in [1.807, 2.05) is 13.8 Å². The maximum absolute atomic E-state index is 5.55. The number of hydrogen-bond donors (Lipinski definition) is 1. The maximum atomic E-state index is 5.55. The lowest BCUT2D eigenvalue weighted by molar-refractivity contribution is 0.0216. The highest BCUT2D eigenvalue weighted by Crippen LogP contribution is 2.13. The van der Waals surface area contributed by atoms with E-state index in [-0.39, 0.29) is 5.60 Å². The Balaban J connectivity index is 2.75. The van der Waals surface area contributed by atoms with Gasteiger partial charge in [0.2, 0.25) is 5.95 Å². The summed E-state index contributed by atoms with van der Waals surface area (Å²) < 4.78 is 6.82. The van der Waals surface area contributed by atoms with Crippen LogP contribution in [0.4, 0.5) is 5.95 Å². The zero-order chi connectivity index (χ0) is 10.1. The smallest absolute Gasteiger partial charge is 0.218 e. The van der Waals surface area contributed by atoms with Crippen molar-refractivity contribution < 1.29 is 4.74 Å². The minimum atomic E-state index is -0.242. The average Bonchev–Trinajstić information content (AvgIpc) is 2.30. The molecule has 13 heavy (non-hydrogen) atoms. The Hall–Kier alpha value is -1.10. The minimum absolute atomic E-state index is 0.242. The Morgan fingerprint density at radius 1 is 1.54 bits per heavy atom. The van der Waals surface area contributed by atoms with E-state index >= 15 is 0 Å². The third kappa shape index (κ3) is 2.42. The number of methoxy groups -OCH3 is 1. The highest BCUT2D eigenvalue weighted by Gasteiger charge is 2.20. The summed E-state index contributed by atoms with van der Waals surface area (Å²) in [7, 11) is 3.44. The minimum Gasteiger partial charge on any atom is -0.378 e. The first-order valence-corrected chi connectivity index (χ1v) is 4.15. The first-order chi connectivity index (χ1) is 5.94. The van der Waals surface area contributed by atoms with E-state index in [0.717, 1.165) is 0 Å². The summed E-state index contributed by atoms with van der Waals surface area (Å²) >= 11 is 0. The molecule has 0 aliphatic carbocycles. The Morgan fingerprint density at radius 2 is 2.15 bits per heavy atom. The van der Waals surface area contributed by atoms with Gasteiger partial charge in [0.1, 0.15) is 0 Å². The number of nitrogens with zero attached hydrogens (tertiary/aromatic N) is 3. The van der Waals surface area contributed by atoms with Crippen LogP contribution in [0.25, 0.3) is 0 Å². The third-order valence-corrected chi connectivity index (χ3v) is 1.98. The molecule has 0 amide bonds. The number of aromatic nitrogens is 3. The molecule has 0 bridgehead atoms. The van der Waals surface area contributed by atoms with Gasteiger partial charge in [-0.1, -0.05) is 0 Å². The number of aryl methyl sites for hydroxylation is 1. The number of nitrogen functional groups attached to an aromatic ring is 1. The summed E-state index contributed by atoms with van der Waals surface area (Å²) in [6.45, 7) is 3.97. The lowest BCUT2D eigenvalue weighted by Crippen LogP contribution is -2.26. The van der Waals surface area contributed by atoms with Crippen molar-refractivity contribution in [3.8, 4) is 0 Å². The molecule has 1 rings (SSSR count). The highest BCUT2D eigenvalue weighted by molar-refractivity contribution is 5.15. The quantitative estimate of drug-likeness (QED) is 0.736. The molecule has 5 heteroatoms. The van der Waals surface area contributed by atoms with Crippen molar-refractivity contribution in [1.29, 1.82) is 0 Å². The molecular formula is C8H16N4O. The first kappa shape index (κ1) is 9.98. The summed E-state index contributed by atoms with van der Waals surface area (Å²) in [6.07, 6.45) is 0.661. The van der Waals surface area contributed by atoms with E-state index in [4.69, 9.17) is 10.5 Å². The van der Waals surface area contributed by atoms with E-state index in [1.165, 1.54) is 0 Å². The molecule has 1 aromatic rings. The molecule has 0 saturated carbocycles. The van der Waals surface area contributed by atoms with Crippen molar-refractivity contribution in [2.45, 2.75) is 25.9 Å². The fourth-order valence-corrected chi connectivity index (χ4v) is 0.979. The summed E-state index contributed by atoms with van der Waals surface area (Å²) in [4.78, 5) is 4.09. The van der Waals surface area contributed by atoms with Gasteiger partial charge in [-0.2, -0.15) is 10.1 Å². The second kappa shape index (κ2) is 3.33. The van der Waals surface area contributed by atoms with E-state index in [2.05, 4.69) is 10.1 Å². The van der Waals surface area contributed by atoms with Crippen molar-refractivity contribution in [3.63, 3.8) is 0 Å². The topological polar surface area (TPSA) is 66.0 Å². The Bertz CT molecular complexity index is 273. The monoisotopic (exact) mass is 184 g/mol. The summed E-state index contributed by atoms with van der Waals surface area (Å²) in [5.74, 6) is 1.15. The molecule has 0 radical (unpaired) electrons. The first-order valence-electron chi connectivity index (χ1n) is 4.15. The van der Waals surface area contributed by atoms with Crippen LogP contribution >= 0.6 is 0 Å². The largest absolute Gasteiger partial charge is 0.378 e. The van der Waals surface area contributed by atoms with Crippen molar-refractivity contribution in [1.82, 2.24) is 14.8 Å². The fourth-order valence-electron chi connectivity index (χ4n) is 0.979. The van der Waals surface area contributed by atoms with Crippen molar-refractivity contribution >= 4 is 5.95 Å². The van der Waals surface area contributed by atoms with Gasteiger partial charge in [-0.15, -0.1) is 0 Å². The van der Waals surface area contributed by atoms with E-state index in [0.29, 0.717) is 18.2 Å². The van der Waals surface area contributed by atoms with Gasteiger partial charge < -0.3 is 10.5 Å². The molecule has 0 atom stereocenters. The number of nitrogens with two attached hydrogens (primary N) is 1. The highest BCUT2D eigenvalue weighted by atomic mass is 16.5. The zero-order valence-electron chi connectivity index (χ0n) is 8.53. The normalized spacial score (nSPS) is 12.0.